The summed E-state index contributed by atoms with van der Waals surface area (Å²) in [6.45, 7) is 5.21. The molecular formula is C17H19N3OS. The van der Waals surface area contributed by atoms with Crippen molar-refractivity contribution in [3.8, 4) is 28.5 Å². The Balaban J connectivity index is 2.03. The van der Waals surface area contributed by atoms with Crippen LogP contribution in [0.25, 0.3) is 22.8 Å². The van der Waals surface area contributed by atoms with Gasteiger partial charge < -0.3 is 4.74 Å². The number of methoxy groups -OCH3 is 1. The number of benzene rings is 1. The van der Waals surface area contributed by atoms with Gasteiger partial charge in [-0.25, -0.2) is 9.67 Å². The molecule has 0 saturated heterocycles. The van der Waals surface area contributed by atoms with Crippen molar-refractivity contribution < 1.29 is 4.74 Å². The Bertz CT molecular complexity index is 730. The molecular weight excluding hydrogens is 294 g/mol. The first-order valence-electron chi connectivity index (χ1n) is 7.29. The Morgan fingerprint density at radius 1 is 1.14 bits per heavy atom. The van der Waals surface area contributed by atoms with E-state index in [9.17, 15) is 0 Å². The van der Waals surface area contributed by atoms with Crippen molar-refractivity contribution in [2.75, 3.05) is 7.11 Å². The fourth-order valence-electron chi connectivity index (χ4n) is 2.28. The van der Waals surface area contributed by atoms with Crippen LogP contribution in [0.1, 0.15) is 13.8 Å². The molecule has 0 aliphatic heterocycles. The lowest BCUT2D eigenvalue weighted by atomic mass is 10.2. The van der Waals surface area contributed by atoms with Crippen molar-refractivity contribution in [2.45, 2.75) is 20.4 Å². The minimum atomic E-state index is 0.508. The van der Waals surface area contributed by atoms with Crippen LogP contribution in [-0.2, 0) is 6.54 Å². The van der Waals surface area contributed by atoms with E-state index in [-0.39, 0.29) is 0 Å². The van der Waals surface area contributed by atoms with Crippen LogP contribution in [0.2, 0.25) is 0 Å². The van der Waals surface area contributed by atoms with E-state index in [0.29, 0.717) is 5.92 Å². The molecule has 0 saturated carbocycles. The summed E-state index contributed by atoms with van der Waals surface area (Å²) in [5, 5.41) is 8.82. The number of hydrogen-bond acceptors (Lipinski definition) is 4. The molecule has 4 nitrogen and oxygen atoms in total. The molecule has 2 heterocycles. The number of hydrogen-bond donors (Lipinski definition) is 0. The second-order valence-electron chi connectivity index (χ2n) is 5.58. The second kappa shape index (κ2) is 6.32. The van der Waals surface area contributed by atoms with Crippen LogP contribution < -0.4 is 4.74 Å². The van der Waals surface area contributed by atoms with E-state index in [1.165, 1.54) is 0 Å². The van der Waals surface area contributed by atoms with Crippen LogP contribution in [0.4, 0.5) is 0 Å². The molecule has 1 aromatic carbocycles. The molecule has 0 fully saturated rings. The van der Waals surface area contributed by atoms with Crippen LogP contribution in [0.5, 0.6) is 5.75 Å². The Morgan fingerprint density at radius 2 is 1.91 bits per heavy atom. The number of aromatic nitrogens is 3. The lowest BCUT2D eigenvalue weighted by molar-refractivity contribution is 0.415. The summed E-state index contributed by atoms with van der Waals surface area (Å²) in [7, 11) is 1.67. The Kier molecular flexibility index (Phi) is 4.24. The maximum Gasteiger partial charge on any atom is 0.182 e. The quantitative estimate of drug-likeness (QED) is 0.703. The van der Waals surface area contributed by atoms with Crippen molar-refractivity contribution >= 4 is 11.3 Å². The second-order valence-corrected chi connectivity index (χ2v) is 6.36. The summed E-state index contributed by atoms with van der Waals surface area (Å²) in [6, 6.07) is 10.0. The van der Waals surface area contributed by atoms with Gasteiger partial charge in [-0.05, 0) is 41.6 Å². The van der Waals surface area contributed by atoms with E-state index in [1.807, 2.05) is 34.3 Å². The molecule has 0 radical (unpaired) electrons. The van der Waals surface area contributed by atoms with Crippen LogP contribution in [0.3, 0.4) is 0 Å². The molecule has 0 aliphatic carbocycles. The fraction of sp³-hybridized carbons (Fsp3) is 0.294. The highest BCUT2D eigenvalue weighted by molar-refractivity contribution is 7.08. The molecule has 0 aliphatic rings. The third-order valence-corrected chi connectivity index (χ3v) is 4.02. The van der Waals surface area contributed by atoms with Gasteiger partial charge in [-0.15, -0.1) is 0 Å². The van der Waals surface area contributed by atoms with Gasteiger partial charge in [0.15, 0.2) is 11.6 Å². The molecule has 2 aromatic heterocycles. The SMILES string of the molecule is COc1ccc(-c2nc(-c3ccsc3)nn2CC(C)C)cc1. The molecule has 0 amide bonds. The van der Waals surface area contributed by atoms with Gasteiger partial charge in [0.2, 0.25) is 0 Å². The minimum Gasteiger partial charge on any atom is -0.497 e. The molecule has 0 unspecified atom stereocenters. The fourth-order valence-corrected chi connectivity index (χ4v) is 2.92. The first-order valence-corrected chi connectivity index (χ1v) is 8.23. The summed E-state index contributed by atoms with van der Waals surface area (Å²) in [5.74, 6) is 3.04. The first-order chi connectivity index (χ1) is 10.7. The van der Waals surface area contributed by atoms with Gasteiger partial charge in [-0.3, -0.25) is 0 Å². The smallest absolute Gasteiger partial charge is 0.182 e. The molecule has 0 atom stereocenters. The molecule has 114 valence electrons. The van der Waals surface area contributed by atoms with Gasteiger partial charge in [0.05, 0.1) is 7.11 Å². The van der Waals surface area contributed by atoms with Gasteiger partial charge in [-0.1, -0.05) is 13.8 Å². The molecule has 0 spiro atoms. The zero-order valence-electron chi connectivity index (χ0n) is 13.0. The van der Waals surface area contributed by atoms with E-state index >= 15 is 0 Å². The summed E-state index contributed by atoms with van der Waals surface area (Å²) in [6.07, 6.45) is 0. The van der Waals surface area contributed by atoms with Crippen molar-refractivity contribution in [3.05, 3.63) is 41.1 Å². The number of thiophene rings is 1. The predicted octanol–water partition coefficient (Wildman–Crippen LogP) is 4.34. The van der Waals surface area contributed by atoms with Crippen molar-refractivity contribution in [2.24, 2.45) is 5.92 Å². The van der Waals surface area contributed by atoms with Crippen molar-refractivity contribution in [1.29, 1.82) is 0 Å². The van der Waals surface area contributed by atoms with E-state index in [4.69, 9.17) is 14.8 Å². The molecule has 3 rings (SSSR count). The Hall–Kier alpha value is -2.14. The zero-order valence-corrected chi connectivity index (χ0v) is 13.8. The summed E-state index contributed by atoms with van der Waals surface area (Å²) in [5.41, 5.74) is 2.12. The van der Waals surface area contributed by atoms with Gasteiger partial charge in [0, 0.05) is 23.1 Å². The molecule has 5 heteroatoms. The maximum absolute atomic E-state index is 5.22. The average molecular weight is 313 g/mol. The topological polar surface area (TPSA) is 39.9 Å². The Morgan fingerprint density at radius 3 is 2.50 bits per heavy atom. The van der Waals surface area contributed by atoms with E-state index in [1.54, 1.807) is 18.4 Å². The number of ether oxygens (including phenoxy) is 1. The van der Waals surface area contributed by atoms with Crippen molar-refractivity contribution in [1.82, 2.24) is 14.8 Å². The largest absolute Gasteiger partial charge is 0.497 e. The monoisotopic (exact) mass is 313 g/mol. The zero-order chi connectivity index (χ0) is 15.5. The summed E-state index contributed by atoms with van der Waals surface area (Å²) in [4.78, 5) is 4.75. The highest BCUT2D eigenvalue weighted by Gasteiger charge is 2.14. The van der Waals surface area contributed by atoms with E-state index in [2.05, 4.69) is 25.3 Å². The average Bonchev–Trinajstić information content (AvgIpc) is 3.16. The maximum atomic E-state index is 5.22. The first kappa shape index (κ1) is 14.8. The normalized spacial score (nSPS) is 11.1. The van der Waals surface area contributed by atoms with E-state index < -0.39 is 0 Å². The molecule has 0 N–H and O–H groups in total. The highest BCUT2D eigenvalue weighted by atomic mass is 32.1. The lowest BCUT2D eigenvalue weighted by Crippen LogP contribution is -2.08. The van der Waals surface area contributed by atoms with Gasteiger partial charge in [-0.2, -0.15) is 16.4 Å². The Labute approximate surface area is 134 Å². The van der Waals surface area contributed by atoms with Crippen LogP contribution >= 0.6 is 11.3 Å². The third-order valence-electron chi connectivity index (χ3n) is 3.34. The van der Waals surface area contributed by atoms with Gasteiger partial charge in [0.25, 0.3) is 0 Å². The summed E-state index contributed by atoms with van der Waals surface area (Å²) < 4.78 is 7.22. The molecule has 0 bridgehead atoms. The minimum absolute atomic E-state index is 0.508. The highest BCUT2D eigenvalue weighted by Crippen LogP contribution is 2.26. The number of rotatable bonds is 5. The third kappa shape index (κ3) is 3.04. The molecule has 22 heavy (non-hydrogen) atoms. The standard InChI is InChI=1S/C17H19N3OS/c1-12(2)10-20-17(13-4-6-15(21-3)7-5-13)18-16(19-20)14-8-9-22-11-14/h4-9,11-12H,10H2,1-3H3. The van der Waals surface area contributed by atoms with Gasteiger partial charge in [0.1, 0.15) is 5.75 Å². The van der Waals surface area contributed by atoms with Crippen molar-refractivity contribution in [3.63, 3.8) is 0 Å². The lowest BCUT2D eigenvalue weighted by Gasteiger charge is -2.08. The van der Waals surface area contributed by atoms with Crippen LogP contribution in [0.15, 0.2) is 41.1 Å². The molecule has 3 aromatic rings. The summed E-state index contributed by atoms with van der Waals surface area (Å²) >= 11 is 1.66. The van der Waals surface area contributed by atoms with Crippen LogP contribution in [0, 0.1) is 5.92 Å². The van der Waals surface area contributed by atoms with Crippen LogP contribution in [-0.4, -0.2) is 21.9 Å². The van der Waals surface area contributed by atoms with E-state index in [0.717, 1.165) is 35.1 Å². The van der Waals surface area contributed by atoms with Gasteiger partial charge >= 0.3 is 0 Å². The number of nitrogens with zero attached hydrogens (tertiary/aromatic N) is 3. The predicted molar refractivity (Wildman–Crippen MR) is 90.2 cm³/mol.